The van der Waals surface area contributed by atoms with Crippen molar-refractivity contribution in [2.75, 3.05) is 50.7 Å². The number of rotatable bonds is 4. The van der Waals surface area contributed by atoms with E-state index in [1.54, 1.807) is 17.0 Å². The number of hydrogen-bond donors (Lipinski definition) is 1. The number of nitrogens with zero attached hydrogens (tertiary/aromatic N) is 4. The van der Waals surface area contributed by atoms with Gasteiger partial charge in [0.25, 0.3) is 11.8 Å². The van der Waals surface area contributed by atoms with Crippen molar-refractivity contribution < 1.29 is 28.7 Å². The molecule has 204 valence electrons. The number of fused-ring (bicyclic) bond motifs is 1. The van der Waals surface area contributed by atoms with Crippen LogP contribution in [0.5, 0.6) is 0 Å². The highest BCUT2D eigenvalue weighted by Crippen LogP contribution is 2.31. The minimum absolute atomic E-state index is 0.0965. The lowest BCUT2D eigenvalue weighted by Crippen LogP contribution is -2.54. The number of anilines is 1. The van der Waals surface area contributed by atoms with Crippen LogP contribution in [-0.2, 0) is 14.3 Å². The average molecular weight is 526 g/mol. The normalized spacial score (nSPS) is 24.7. The first-order valence-electron chi connectivity index (χ1n) is 13.3. The van der Waals surface area contributed by atoms with Crippen LogP contribution in [0.15, 0.2) is 18.2 Å². The summed E-state index contributed by atoms with van der Waals surface area (Å²) >= 11 is 0. The molecule has 1 aromatic carbocycles. The molecule has 0 aliphatic carbocycles. The van der Waals surface area contributed by atoms with E-state index < -0.39 is 35.3 Å². The van der Waals surface area contributed by atoms with E-state index in [0.717, 1.165) is 56.3 Å². The molecule has 5 rings (SSSR count). The van der Waals surface area contributed by atoms with Crippen LogP contribution in [0.25, 0.3) is 0 Å². The SMILES string of the molecule is CC(C)(C)OC(=O)N1CC[C@@H](CN2CCN(c3ccc4c(c3)C(=O)N(C3CCC(=O)NC3=O)C4=O)CC2)C1. The Morgan fingerprint density at radius 2 is 1.68 bits per heavy atom. The number of piperazine rings is 1. The molecule has 3 fully saturated rings. The van der Waals surface area contributed by atoms with E-state index >= 15 is 0 Å². The molecule has 0 spiro atoms. The molecule has 3 saturated heterocycles. The van der Waals surface area contributed by atoms with Crippen molar-refractivity contribution in [1.82, 2.24) is 20.0 Å². The molecule has 1 aromatic rings. The Morgan fingerprint density at radius 1 is 0.974 bits per heavy atom. The first kappa shape index (κ1) is 26.1. The summed E-state index contributed by atoms with van der Waals surface area (Å²) in [6.07, 6.45) is 0.954. The van der Waals surface area contributed by atoms with Crippen LogP contribution in [0, 0.1) is 5.92 Å². The third-order valence-corrected chi connectivity index (χ3v) is 7.61. The number of carbonyl (C=O) groups is 5. The fourth-order valence-electron chi connectivity index (χ4n) is 5.68. The van der Waals surface area contributed by atoms with E-state index in [-0.39, 0.29) is 24.5 Å². The zero-order valence-corrected chi connectivity index (χ0v) is 22.2. The van der Waals surface area contributed by atoms with Crippen molar-refractivity contribution in [3.8, 4) is 0 Å². The van der Waals surface area contributed by atoms with Crippen molar-refractivity contribution in [1.29, 1.82) is 0 Å². The van der Waals surface area contributed by atoms with E-state index in [9.17, 15) is 24.0 Å². The first-order chi connectivity index (χ1) is 18.0. The highest BCUT2D eigenvalue weighted by Gasteiger charge is 2.44. The molecule has 1 unspecified atom stereocenters. The van der Waals surface area contributed by atoms with Crippen molar-refractivity contribution in [2.24, 2.45) is 5.92 Å². The maximum absolute atomic E-state index is 13.1. The second-order valence-electron chi connectivity index (χ2n) is 11.5. The summed E-state index contributed by atoms with van der Waals surface area (Å²) in [5.41, 5.74) is 0.960. The van der Waals surface area contributed by atoms with Gasteiger partial charge < -0.3 is 14.5 Å². The molecule has 1 N–H and O–H groups in total. The fraction of sp³-hybridized carbons (Fsp3) is 0.593. The quantitative estimate of drug-likeness (QED) is 0.587. The second kappa shape index (κ2) is 10.0. The number of carbonyl (C=O) groups excluding carboxylic acids is 5. The van der Waals surface area contributed by atoms with Gasteiger partial charge in [0.2, 0.25) is 11.8 Å². The van der Waals surface area contributed by atoms with Gasteiger partial charge in [-0.15, -0.1) is 0 Å². The Morgan fingerprint density at radius 3 is 2.37 bits per heavy atom. The van der Waals surface area contributed by atoms with Gasteiger partial charge in [0.1, 0.15) is 11.6 Å². The van der Waals surface area contributed by atoms with Gasteiger partial charge in [-0.1, -0.05) is 0 Å². The average Bonchev–Trinajstić information content (AvgIpc) is 3.42. The standard InChI is InChI=1S/C27H35N5O6/c1-27(2,3)38-26(37)31-9-8-17(16-31)15-29-10-12-30(13-11-29)18-4-5-19-20(14-18)25(36)32(24(19)35)21-6-7-22(33)28-23(21)34/h4-5,14,17,21H,6-13,15-16H2,1-3H3,(H,28,33,34)/t17-,21?/m0/s1. The minimum atomic E-state index is -0.964. The van der Waals surface area contributed by atoms with Crippen molar-refractivity contribution >= 4 is 35.4 Å². The lowest BCUT2D eigenvalue weighted by atomic mass is 10.0. The van der Waals surface area contributed by atoms with Crippen LogP contribution in [0.4, 0.5) is 10.5 Å². The number of benzene rings is 1. The predicted molar refractivity (Wildman–Crippen MR) is 138 cm³/mol. The summed E-state index contributed by atoms with van der Waals surface area (Å²) < 4.78 is 5.50. The Hall–Kier alpha value is -3.47. The monoisotopic (exact) mass is 525 g/mol. The molecular formula is C27H35N5O6. The van der Waals surface area contributed by atoms with E-state index in [1.165, 1.54) is 0 Å². The van der Waals surface area contributed by atoms with Crippen molar-refractivity contribution in [2.45, 2.75) is 51.7 Å². The maximum Gasteiger partial charge on any atom is 0.410 e. The smallest absolute Gasteiger partial charge is 0.410 e. The molecule has 0 radical (unpaired) electrons. The first-order valence-corrected chi connectivity index (χ1v) is 13.3. The van der Waals surface area contributed by atoms with Gasteiger partial charge in [0, 0.05) is 57.9 Å². The number of hydrogen-bond acceptors (Lipinski definition) is 8. The van der Waals surface area contributed by atoms with Gasteiger partial charge in [0.05, 0.1) is 11.1 Å². The van der Waals surface area contributed by atoms with Crippen molar-refractivity contribution in [3.05, 3.63) is 29.3 Å². The number of amides is 5. The Kier molecular flexibility index (Phi) is 6.89. The highest BCUT2D eigenvalue weighted by atomic mass is 16.6. The third-order valence-electron chi connectivity index (χ3n) is 7.61. The molecule has 4 aliphatic heterocycles. The number of ether oxygens (including phenoxy) is 1. The van der Waals surface area contributed by atoms with Crippen molar-refractivity contribution in [3.63, 3.8) is 0 Å². The molecule has 4 heterocycles. The molecule has 0 saturated carbocycles. The van der Waals surface area contributed by atoms with Crippen LogP contribution >= 0.6 is 0 Å². The van der Waals surface area contributed by atoms with E-state index in [0.29, 0.717) is 18.0 Å². The predicted octanol–water partition coefficient (Wildman–Crippen LogP) is 1.47. The second-order valence-corrected chi connectivity index (χ2v) is 11.5. The zero-order valence-electron chi connectivity index (χ0n) is 22.2. The molecular weight excluding hydrogens is 490 g/mol. The maximum atomic E-state index is 13.1. The van der Waals surface area contributed by atoms with Crippen LogP contribution in [0.3, 0.4) is 0 Å². The molecule has 11 heteroatoms. The third kappa shape index (κ3) is 5.24. The van der Waals surface area contributed by atoms with Gasteiger partial charge in [0.15, 0.2) is 0 Å². The van der Waals surface area contributed by atoms with Crippen LogP contribution < -0.4 is 10.2 Å². The molecule has 38 heavy (non-hydrogen) atoms. The molecule has 2 atom stereocenters. The summed E-state index contributed by atoms with van der Waals surface area (Å²) in [6.45, 7) is 11.2. The zero-order chi connectivity index (χ0) is 27.2. The van der Waals surface area contributed by atoms with E-state index in [1.807, 2.05) is 26.8 Å². The van der Waals surface area contributed by atoms with Gasteiger partial charge in [-0.2, -0.15) is 0 Å². The van der Waals surface area contributed by atoms with Crippen LogP contribution in [-0.4, -0.2) is 102 Å². The fourth-order valence-corrected chi connectivity index (χ4v) is 5.68. The van der Waals surface area contributed by atoms with E-state index in [2.05, 4.69) is 15.1 Å². The molecule has 11 nitrogen and oxygen atoms in total. The topological polar surface area (TPSA) is 120 Å². The van der Waals surface area contributed by atoms with Gasteiger partial charge >= 0.3 is 6.09 Å². The van der Waals surface area contributed by atoms with Gasteiger partial charge in [-0.25, -0.2) is 4.79 Å². The summed E-state index contributed by atoms with van der Waals surface area (Å²) in [4.78, 5) is 69.6. The Bertz CT molecular complexity index is 1170. The number of likely N-dealkylation sites (tertiary alicyclic amines) is 1. The molecule has 5 amide bonds. The Labute approximate surface area is 222 Å². The lowest BCUT2D eigenvalue weighted by Gasteiger charge is -2.37. The lowest BCUT2D eigenvalue weighted by molar-refractivity contribution is -0.136. The summed E-state index contributed by atoms with van der Waals surface area (Å²) in [6, 6.07) is 4.29. The largest absolute Gasteiger partial charge is 0.444 e. The van der Waals surface area contributed by atoms with Crippen LogP contribution in [0.1, 0.15) is 60.7 Å². The highest BCUT2D eigenvalue weighted by molar-refractivity contribution is 6.23. The summed E-state index contributed by atoms with van der Waals surface area (Å²) in [5.74, 6) is -1.57. The minimum Gasteiger partial charge on any atom is -0.444 e. The summed E-state index contributed by atoms with van der Waals surface area (Å²) in [5, 5.41) is 2.22. The molecule has 0 bridgehead atoms. The Balaban J connectivity index is 1.16. The number of imide groups is 2. The summed E-state index contributed by atoms with van der Waals surface area (Å²) in [7, 11) is 0. The van der Waals surface area contributed by atoms with E-state index in [4.69, 9.17) is 4.74 Å². The number of nitrogens with one attached hydrogen (secondary N) is 1. The molecule has 0 aromatic heterocycles. The van der Waals surface area contributed by atoms with Gasteiger partial charge in [-0.3, -0.25) is 34.3 Å². The van der Waals surface area contributed by atoms with Gasteiger partial charge in [-0.05, 0) is 57.7 Å². The van der Waals surface area contributed by atoms with Crippen LogP contribution in [0.2, 0.25) is 0 Å². The molecule has 4 aliphatic rings. The number of piperidine rings is 1.